The number of likely N-dealkylation sites (tertiary alicyclic amines) is 1. The molecule has 0 radical (unpaired) electrons. The van der Waals surface area contributed by atoms with Crippen molar-refractivity contribution in [3.05, 3.63) is 0 Å². The van der Waals surface area contributed by atoms with Gasteiger partial charge in [-0.2, -0.15) is 11.8 Å². The molecule has 2 amide bonds. The summed E-state index contributed by atoms with van der Waals surface area (Å²) in [5, 5.41) is 9.43. The largest absolute Gasteiger partial charge is 0.393 e. The molecule has 1 heterocycles. The van der Waals surface area contributed by atoms with Gasteiger partial charge in [0.1, 0.15) is 0 Å². The van der Waals surface area contributed by atoms with E-state index in [0.29, 0.717) is 18.7 Å². The molecule has 1 fully saturated rings. The minimum Gasteiger partial charge on any atom is -0.393 e. The topological polar surface area (TPSA) is 83.6 Å². The Hall–Kier alpha value is -0.750. The van der Waals surface area contributed by atoms with Crippen LogP contribution in [-0.4, -0.2) is 52.5 Å². The number of carbonyl (C=O) groups is 2. The summed E-state index contributed by atoms with van der Waals surface area (Å²) >= 11 is 1.38. The number of thioether (sulfide) groups is 1. The lowest BCUT2D eigenvalue weighted by Gasteiger charge is -2.17. The molecule has 6 heteroatoms. The van der Waals surface area contributed by atoms with Crippen LogP contribution in [0.2, 0.25) is 0 Å². The number of rotatable bonds is 6. The number of nitrogens with two attached hydrogens (primary N) is 1. The van der Waals surface area contributed by atoms with Crippen molar-refractivity contribution in [1.29, 1.82) is 0 Å². The maximum atomic E-state index is 11.8. The summed E-state index contributed by atoms with van der Waals surface area (Å²) in [6, 6.07) is 0. The van der Waals surface area contributed by atoms with Crippen LogP contribution in [0.15, 0.2) is 0 Å². The van der Waals surface area contributed by atoms with Crippen LogP contribution in [0.5, 0.6) is 0 Å². The van der Waals surface area contributed by atoms with Crippen LogP contribution in [-0.2, 0) is 9.59 Å². The molecular formula is C11H20N2O3S. The van der Waals surface area contributed by atoms with Crippen LogP contribution in [0.4, 0.5) is 0 Å². The molecule has 0 spiro atoms. The fourth-order valence-electron chi connectivity index (χ4n) is 1.90. The fourth-order valence-corrected chi connectivity index (χ4v) is 2.56. The van der Waals surface area contributed by atoms with Crippen LogP contribution >= 0.6 is 11.8 Å². The Morgan fingerprint density at radius 2 is 2.29 bits per heavy atom. The van der Waals surface area contributed by atoms with Crippen molar-refractivity contribution in [2.45, 2.75) is 25.9 Å². The Morgan fingerprint density at radius 1 is 1.59 bits per heavy atom. The van der Waals surface area contributed by atoms with Gasteiger partial charge in [0.2, 0.25) is 11.8 Å². The molecule has 0 aromatic heterocycles. The summed E-state index contributed by atoms with van der Waals surface area (Å²) in [5.74, 6) is 0.849. The van der Waals surface area contributed by atoms with Crippen molar-refractivity contribution in [2.24, 2.45) is 11.7 Å². The van der Waals surface area contributed by atoms with Crippen molar-refractivity contribution < 1.29 is 14.7 Å². The zero-order chi connectivity index (χ0) is 12.8. The third kappa shape index (κ3) is 4.95. The molecule has 17 heavy (non-hydrogen) atoms. The summed E-state index contributed by atoms with van der Waals surface area (Å²) in [6.07, 6.45) is 0.958. The first-order valence-electron chi connectivity index (χ1n) is 5.82. The van der Waals surface area contributed by atoms with E-state index in [1.165, 1.54) is 11.8 Å². The average molecular weight is 260 g/mol. The Kier molecular flexibility index (Phi) is 5.77. The second kappa shape index (κ2) is 6.86. The van der Waals surface area contributed by atoms with Gasteiger partial charge in [-0.15, -0.1) is 0 Å². The first-order chi connectivity index (χ1) is 8.00. The molecule has 1 rings (SSSR count). The van der Waals surface area contributed by atoms with Gasteiger partial charge in [-0.1, -0.05) is 0 Å². The molecule has 0 aromatic rings. The lowest BCUT2D eigenvalue weighted by molar-refractivity contribution is -0.130. The number of aliphatic hydroxyl groups is 1. The quantitative estimate of drug-likeness (QED) is 0.649. The summed E-state index contributed by atoms with van der Waals surface area (Å²) < 4.78 is 0. The van der Waals surface area contributed by atoms with E-state index < -0.39 is 0 Å². The van der Waals surface area contributed by atoms with Gasteiger partial charge >= 0.3 is 0 Å². The monoisotopic (exact) mass is 260 g/mol. The summed E-state index contributed by atoms with van der Waals surface area (Å²) in [7, 11) is 0. The van der Waals surface area contributed by atoms with E-state index >= 15 is 0 Å². The summed E-state index contributed by atoms with van der Waals surface area (Å²) in [4.78, 5) is 24.1. The average Bonchev–Trinajstić information content (AvgIpc) is 2.73. The molecule has 1 aliphatic rings. The number of amides is 2. The predicted octanol–water partition coefficient (Wildman–Crippen LogP) is -0.176. The zero-order valence-electron chi connectivity index (χ0n) is 10.1. The third-order valence-electron chi connectivity index (χ3n) is 2.96. The predicted molar refractivity (Wildman–Crippen MR) is 67.5 cm³/mol. The highest BCUT2D eigenvalue weighted by molar-refractivity contribution is 7.99. The Balaban J connectivity index is 2.18. The highest BCUT2D eigenvalue weighted by Gasteiger charge is 2.28. The molecular weight excluding hydrogens is 240 g/mol. The molecule has 0 bridgehead atoms. The van der Waals surface area contributed by atoms with Crippen LogP contribution in [0.25, 0.3) is 0 Å². The van der Waals surface area contributed by atoms with E-state index in [1.807, 2.05) is 0 Å². The van der Waals surface area contributed by atoms with Crippen LogP contribution < -0.4 is 5.73 Å². The first kappa shape index (κ1) is 14.3. The van der Waals surface area contributed by atoms with Gasteiger partial charge < -0.3 is 15.7 Å². The van der Waals surface area contributed by atoms with E-state index in [2.05, 4.69) is 0 Å². The van der Waals surface area contributed by atoms with Gasteiger partial charge in [-0.3, -0.25) is 9.59 Å². The highest BCUT2D eigenvalue weighted by Crippen LogP contribution is 2.20. The standard InChI is InChI=1S/C11H20N2O3S/c1-8(14)9-2-4-13(6-9)11(16)3-5-17-7-10(12)15/h8-9,14H,2-7H2,1H3,(H2,12,15). The van der Waals surface area contributed by atoms with Gasteiger partial charge in [0, 0.05) is 31.2 Å². The molecule has 0 saturated carbocycles. The van der Waals surface area contributed by atoms with Crippen molar-refractivity contribution in [1.82, 2.24) is 4.90 Å². The van der Waals surface area contributed by atoms with Crippen molar-refractivity contribution in [3.8, 4) is 0 Å². The zero-order valence-corrected chi connectivity index (χ0v) is 10.9. The van der Waals surface area contributed by atoms with E-state index in [4.69, 9.17) is 5.73 Å². The minimum atomic E-state index is -0.350. The summed E-state index contributed by atoms with van der Waals surface area (Å²) in [5.41, 5.74) is 5.00. The van der Waals surface area contributed by atoms with Gasteiger partial charge in [0.25, 0.3) is 0 Å². The van der Waals surface area contributed by atoms with Crippen molar-refractivity contribution >= 4 is 23.6 Å². The number of primary amides is 1. The van der Waals surface area contributed by atoms with Crippen LogP contribution in [0.1, 0.15) is 19.8 Å². The third-order valence-corrected chi connectivity index (χ3v) is 3.95. The molecule has 98 valence electrons. The molecule has 0 aliphatic carbocycles. The number of hydrogen-bond acceptors (Lipinski definition) is 4. The van der Waals surface area contributed by atoms with Crippen LogP contribution in [0.3, 0.4) is 0 Å². The normalized spacial score (nSPS) is 21.5. The van der Waals surface area contributed by atoms with E-state index in [-0.39, 0.29) is 29.6 Å². The molecule has 5 nitrogen and oxygen atoms in total. The second-order valence-electron chi connectivity index (χ2n) is 4.40. The number of aliphatic hydroxyl groups excluding tert-OH is 1. The Bertz CT molecular complexity index is 284. The van der Waals surface area contributed by atoms with E-state index in [1.54, 1.807) is 11.8 Å². The van der Waals surface area contributed by atoms with Crippen molar-refractivity contribution in [2.75, 3.05) is 24.6 Å². The first-order valence-corrected chi connectivity index (χ1v) is 6.98. The van der Waals surface area contributed by atoms with Crippen molar-refractivity contribution in [3.63, 3.8) is 0 Å². The SMILES string of the molecule is CC(O)C1CCN(C(=O)CCSCC(N)=O)C1. The minimum absolute atomic E-state index is 0.102. The molecule has 2 unspecified atom stereocenters. The Morgan fingerprint density at radius 3 is 2.82 bits per heavy atom. The lowest BCUT2D eigenvalue weighted by Crippen LogP contribution is -2.30. The Labute approximate surface area is 106 Å². The van der Waals surface area contributed by atoms with E-state index in [0.717, 1.165) is 13.0 Å². The van der Waals surface area contributed by atoms with Gasteiger partial charge in [-0.25, -0.2) is 0 Å². The maximum absolute atomic E-state index is 11.8. The maximum Gasteiger partial charge on any atom is 0.227 e. The van der Waals surface area contributed by atoms with Gasteiger partial charge in [0.05, 0.1) is 11.9 Å². The van der Waals surface area contributed by atoms with Crippen LogP contribution in [0, 0.1) is 5.92 Å². The van der Waals surface area contributed by atoms with Gasteiger partial charge in [-0.05, 0) is 13.3 Å². The smallest absolute Gasteiger partial charge is 0.227 e. The molecule has 3 N–H and O–H groups in total. The summed E-state index contributed by atoms with van der Waals surface area (Å²) in [6.45, 7) is 3.15. The molecule has 0 aromatic carbocycles. The number of hydrogen-bond donors (Lipinski definition) is 2. The van der Waals surface area contributed by atoms with Gasteiger partial charge in [0.15, 0.2) is 0 Å². The molecule has 1 saturated heterocycles. The lowest BCUT2D eigenvalue weighted by atomic mass is 10.0. The number of nitrogens with zero attached hydrogens (tertiary/aromatic N) is 1. The number of carbonyl (C=O) groups excluding carboxylic acids is 2. The molecule has 1 aliphatic heterocycles. The second-order valence-corrected chi connectivity index (χ2v) is 5.50. The fraction of sp³-hybridized carbons (Fsp3) is 0.818. The van der Waals surface area contributed by atoms with E-state index in [9.17, 15) is 14.7 Å². The highest BCUT2D eigenvalue weighted by atomic mass is 32.2. The molecule has 2 atom stereocenters.